The zero-order valence-corrected chi connectivity index (χ0v) is 21.6. The van der Waals surface area contributed by atoms with Gasteiger partial charge in [-0.1, -0.05) is 61.3 Å². The van der Waals surface area contributed by atoms with Crippen molar-refractivity contribution >= 4 is 46.2 Å². The smallest absolute Gasteiger partial charge is 0.273 e. The molecule has 0 bridgehead atoms. The average Bonchev–Trinajstić information content (AvgIpc) is 3.19. The summed E-state index contributed by atoms with van der Waals surface area (Å²) in [5, 5.41) is 13.2. The van der Waals surface area contributed by atoms with Crippen molar-refractivity contribution in [1.29, 1.82) is 5.26 Å². The van der Waals surface area contributed by atoms with Crippen molar-refractivity contribution in [2.45, 2.75) is 26.2 Å². The number of nitrogens with one attached hydrogen (secondary N) is 1. The second-order valence-corrected chi connectivity index (χ2v) is 9.77. The summed E-state index contributed by atoms with van der Waals surface area (Å²) >= 11 is 7.02. The Kier molecular flexibility index (Phi) is 8.34. The van der Waals surface area contributed by atoms with E-state index < -0.39 is 17.3 Å². The van der Waals surface area contributed by atoms with Crippen molar-refractivity contribution in [3.63, 3.8) is 0 Å². The summed E-state index contributed by atoms with van der Waals surface area (Å²) in [6.07, 6.45) is 4.69. The molecule has 5 nitrogen and oxygen atoms in total. The zero-order valence-electron chi connectivity index (χ0n) is 20.0. The standard InChI is InChI=1S/C29H23ClFN3O2S/c1-2-3-7-19-12-14-22(15-13-19)33-27(35)23(18-32)29-34(25-11-5-4-10-24(25)31)28(36)26(37-29)17-20-8-6-9-21(30)16-20/h4-6,8-17H,2-3,7H2,1H3,(H,33,35)/b26-17+,29-23-. The van der Waals surface area contributed by atoms with Crippen molar-refractivity contribution in [2.75, 3.05) is 5.32 Å². The maximum atomic E-state index is 14.8. The summed E-state index contributed by atoms with van der Waals surface area (Å²) in [6.45, 7) is 2.12. The first kappa shape index (κ1) is 26.1. The second kappa shape index (κ2) is 11.8. The number of unbranched alkanes of at least 4 members (excludes halogenated alkanes) is 1. The van der Waals surface area contributed by atoms with E-state index in [0.29, 0.717) is 16.3 Å². The number of para-hydroxylation sites is 1. The highest BCUT2D eigenvalue weighted by Gasteiger charge is 2.19. The summed E-state index contributed by atoms with van der Waals surface area (Å²) < 4.78 is 16.1. The van der Waals surface area contributed by atoms with Crippen LogP contribution in [0.5, 0.6) is 0 Å². The molecule has 0 aliphatic heterocycles. The Labute approximate surface area is 222 Å². The van der Waals surface area contributed by atoms with Gasteiger partial charge in [-0.05, 0) is 66.4 Å². The Morgan fingerprint density at radius 1 is 1.14 bits per heavy atom. The van der Waals surface area contributed by atoms with E-state index in [-0.39, 0.29) is 20.5 Å². The molecule has 0 aliphatic rings. The molecule has 4 aromatic rings. The number of carbonyl (C=O) groups is 1. The maximum Gasteiger partial charge on any atom is 0.273 e. The molecular weight excluding hydrogens is 509 g/mol. The molecule has 0 radical (unpaired) electrons. The Morgan fingerprint density at radius 3 is 2.57 bits per heavy atom. The van der Waals surface area contributed by atoms with Gasteiger partial charge in [0.15, 0.2) is 5.57 Å². The molecular formula is C29H23ClFN3O2S. The van der Waals surface area contributed by atoms with Gasteiger partial charge in [0.1, 0.15) is 16.5 Å². The number of aromatic nitrogens is 1. The van der Waals surface area contributed by atoms with Gasteiger partial charge in [0, 0.05) is 10.7 Å². The van der Waals surface area contributed by atoms with Crippen LogP contribution in [0.1, 0.15) is 30.9 Å². The first-order valence-electron chi connectivity index (χ1n) is 11.7. The van der Waals surface area contributed by atoms with Gasteiger partial charge in [-0.15, -0.1) is 11.3 Å². The van der Waals surface area contributed by atoms with E-state index in [0.717, 1.165) is 40.7 Å². The summed E-state index contributed by atoms with van der Waals surface area (Å²) in [6, 6.07) is 21.9. The van der Waals surface area contributed by atoms with Gasteiger partial charge in [0.2, 0.25) is 0 Å². The molecule has 0 spiro atoms. The van der Waals surface area contributed by atoms with E-state index in [9.17, 15) is 19.2 Å². The number of aryl methyl sites for hydroxylation is 1. The lowest BCUT2D eigenvalue weighted by Gasteiger charge is -2.07. The van der Waals surface area contributed by atoms with Gasteiger partial charge in [-0.25, -0.2) is 4.39 Å². The molecule has 186 valence electrons. The predicted octanol–water partition coefficient (Wildman–Crippen LogP) is 5.18. The molecule has 0 saturated carbocycles. The minimum absolute atomic E-state index is 0.0305. The third-order valence-electron chi connectivity index (χ3n) is 5.65. The van der Waals surface area contributed by atoms with E-state index in [1.54, 1.807) is 48.5 Å². The Balaban J connectivity index is 1.86. The number of rotatable bonds is 7. The lowest BCUT2D eigenvalue weighted by molar-refractivity contribution is -0.111. The van der Waals surface area contributed by atoms with Gasteiger partial charge >= 0.3 is 0 Å². The van der Waals surface area contributed by atoms with Crippen LogP contribution in [0, 0.1) is 17.1 Å². The van der Waals surface area contributed by atoms with Crippen LogP contribution in [0.3, 0.4) is 0 Å². The first-order valence-corrected chi connectivity index (χ1v) is 12.9. The van der Waals surface area contributed by atoms with Crippen molar-refractivity contribution in [3.05, 3.63) is 114 Å². The molecule has 0 atom stereocenters. The highest BCUT2D eigenvalue weighted by Crippen LogP contribution is 2.15. The van der Waals surface area contributed by atoms with Crippen LogP contribution in [0.2, 0.25) is 5.02 Å². The zero-order chi connectivity index (χ0) is 26.4. The van der Waals surface area contributed by atoms with E-state index in [4.69, 9.17) is 11.6 Å². The molecule has 1 aromatic heterocycles. The van der Waals surface area contributed by atoms with Crippen LogP contribution in [0.15, 0.2) is 77.6 Å². The third-order valence-corrected chi connectivity index (χ3v) is 6.97. The first-order chi connectivity index (χ1) is 17.9. The van der Waals surface area contributed by atoms with E-state index >= 15 is 0 Å². The van der Waals surface area contributed by atoms with Crippen LogP contribution < -0.4 is 20.1 Å². The van der Waals surface area contributed by atoms with Gasteiger partial charge in [0.25, 0.3) is 11.5 Å². The molecule has 1 heterocycles. The minimum Gasteiger partial charge on any atom is -0.321 e. The number of thiazole rings is 1. The van der Waals surface area contributed by atoms with E-state index in [1.165, 1.54) is 18.2 Å². The van der Waals surface area contributed by atoms with Crippen LogP contribution in [0.25, 0.3) is 17.3 Å². The topological polar surface area (TPSA) is 74.9 Å². The highest BCUT2D eigenvalue weighted by atomic mass is 35.5. The number of hydrogen-bond donors (Lipinski definition) is 1. The quantitative estimate of drug-likeness (QED) is 0.357. The van der Waals surface area contributed by atoms with Crippen molar-refractivity contribution in [2.24, 2.45) is 0 Å². The van der Waals surface area contributed by atoms with Gasteiger partial charge in [-0.2, -0.15) is 5.26 Å². The Morgan fingerprint density at radius 2 is 1.89 bits per heavy atom. The number of carbonyl (C=O) groups excluding carboxylic acids is 1. The Bertz CT molecular complexity index is 1670. The third kappa shape index (κ3) is 6.05. The van der Waals surface area contributed by atoms with Crippen molar-refractivity contribution in [1.82, 2.24) is 4.57 Å². The molecule has 1 N–H and O–H groups in total. The average molecular weight is 532 g/mol. The molecule has 3 aromatic carbocycles. The predicted molar refractivity (Wildman–Crippen MR) is 147 cm³/mol. The molecule has 0 unspecified atom stereocenters. The van der Waals surface area contributed by atoms with Gasteiger partial charge < -0.3 is 5.32 Å². The number of halogens is 2. The van der Waals surface area contributed by atoms with E-state index in [1.807, 2.05) is 18.2 Å². The summed E-state index contributed by atoms with van der Waals surface area (Å²) in [7, 11) is 0. The number of nitrogens with zero attached hydrogens (tertiary/aromatic N) is 2. The molecule has 8 heteroatoms. The highest BCUT2D eigenvalue weighted by molar-refractivity contribution is 7.07. The van der Waals surface area contributed by atoms with Crippen LogP contribution in [0.4, 0.5) is 10.1 Å². The van der Waals surface area contributed by atoms with Gasteiger partial charge in [0.05, 0.1) is 10.2 Å². The lowest BCUT2D eigenvalue weighted by Crippen LogP contribution is -2.32. The minimum atomic E-state index is -0.690. The van der Waals surface area contributed by atoms with E-state index in [2.05, 4.69) is 12.2 Å². The number of anilines is 1. The van der Waals surface area contributed by atoms with Crippen molar-refractivity contribution < 1.29 is 9.18 Å². The van der Waals surface area contributed by atoms with Crippen LogP contribution in [-0.4, -0.2) is 10.5 Å². The second-order valence-electron chi connectivity index (χ2n) is 8.30. The van der Waals surface area contributed by atoms with Gasteiger partial charge in [-0.3, -0.25) is 14.2 Å². The Hall–Kier alpha value is -3.99. The molecule has 4 rings (SSSR count). The molecule has 0 fully saturated rings. The SMILES string of the molecule is CCCCc1ccc(NC(=O)/C(C#N)=c2\s/c(=C/c3cccc(Cl)c3)c(=O)n2-c2ccccc2F)cc1. The molecule has 0 aliphatic carbocycles. The summed E-state index contributed by atoms with van der Waals surface area (Å²) in [5.41, 5.74) is 1.42. The number of nitriles is 1. The fraction of sp³-hybridized carbons (Fsp3) is 0.138. The molecule has 37 heavy (non-hydrogen) atoms. The summed E-state index contributed by atoms with van der Waals surface area (Å²) in [4.78, 5) is 26.6. The number of benzene rings is 3. The number of amides is 1. The summed E-state index contributed by atoms with van der Waals surface area (Å²) in [5.74, 6) is -1.34. The van der Waals surface area contributed by atoms with Crippen molar-refractivity contribution in [3.8, 4) is 11.8 Å². The molecule has 0 saturated heterocycles. The molecule has 1 amide bonds. The van der Waals surface area contributed by atoms with Crippen LogP contribution >= 0.6 is 22.9 Å². The largest absolute Gasteiger partial charge is 0.321 e. The fourth-order valence-electron chi connectivity index (χ4n) is 3.77. The monoisotopic (exact) mass is 531 g/mol. The number of hydrogen-bond acceptors (Lipinski definition) is 4. The normalized spacial score (nSPS) is 12.2. The lowest BCUT2D eigenvalue weighted by atomic mass is 10.1. The van der Waals surface area contributed by atoms with Crippen LogP contribution in [-0.2, 0) is 11.2 Å². The maximum absolute atomic E-state index is 14.8. The fourth-order valence-corrected chi connectivity index (χ4v) is 5.07.